The standard InChI is InChI=1S/C14H26OS2/c1-6-11-8-9-12(14(11,4)5)10(3)17-13(16)15-7-2/h10-12H,6-9H2,1-5H3. The fraction of sp³-hybridized carbons (Fsp3) is 0.929. The predicted molar refractivity (Wildman–Crippen MR) is 81.6 cm³/mol. The van der Waals surface area contributed by atoms with Crippen molar-refractivity contribution in [1.29, 1.82) is 0 Å². The Labute approximate surface area is 116 Å². The molecule has 1 fully saturated rings. The molecule has 1 aliphatic rings. The molecule has 0 bridgehead atoms. The molecule has 0 saturated heterocycles. The third-order valence-electron chi connectivity index (χ3n) is 4.44. The summed E-state index contributed by atoms with van der Waals surface area (Å²) in [6.45, 7) is 12.2. The number of thioether (sulfide) groups is 1. The van der Waals surface area contributed by atoms with Crippen molar-refractivity contribution in [3.05, 3.63) is 0 Å². The maximum Gasteiger partial charge on any atom is 0.220 e. The first kappa shape index (κ1) is 15.3. The summed E-state index contributed by atoms with van der Waals surface area (Å²) in [6.07, 6.45) is 4.02. The summed E-state index contributed by atoms with van der Waals surface area (Å²) in [6, 6.07) is 0. The van der Waals surface area contributed by atoms with Crippen molar-refractivity contribution in [2.45, 2.75) is 59.1 Å². The van der Waals surface area contributed by atoms with Crippen LogP contribution in [0, 0.1) is 17.3 Å². The number of hydrogen-bond acceptors (Lipinski definition) is 3. The van der Waals surface area contributed by atoms with Gasteiger partial charge in [-0.2, -0.15) is 0 Å². The first-order chi connectivity index (χ1) is 7.93. The van der Waals surface area contributed by atoms with Gasteiger partial charge in [0.1, 0.15) is 0 Å². The van der Waals surface area contributed by atoms with E-state index >= 15 is 0 Å². The van der Waals surface area contributed by atoms with Gasteiger partial charge < -0.3 is 4.74 Å². The lowest BCUT2D eigenvalue weighted by atomic mass is 9.73. The van der Waals surface area contributed by atoms with Gasteiger partial charge in [-0.3, -0.25) is 0 Å². The molecule has 0 aliphatic heterocycles. The number of hydrogen-bond donors (Lipinski definition) is 0. The molecule has 0 aromatic heterocycles. The highest BCUT2D eigenvalue weighted by molar-refractivity contribution is 8.23. The van der Waals surface area contributed by atoms with Crippen molar-refractivity contribution >= 4 is 28.4 Å². The molecule has 0 radical (unpaired) electrons. The largest absolute Gasteiger partial charge is 0.479 e. The van der Waals surface area contributed by atoms with E-state index in [9.17, 15) is 0 Å². The minimum Gasteiger partial charge on any atom is -0.479 e. The molecule has 0 heterocycles. The molecule has 100 valence electrons. The van der Waals surface area contributed by atoms with Crippen LogP contribution >= 0.6 is 24.0 Å². The lowest BCUT2D eigenvalue weighted by molar-refractivity contribution is 0.181. The molecular weight excluding hydrogens is 248 g/mol. The number of thiocarbonyl (C=S) groups is 1. The zero-order valence-corrected chi connectivity index (χ0v) is 13.4. The van der Waals surface area contributed by atoms with E-state index in [1.165, 1.54) is 19.3 Å². The maximum absolute atomic E-state index is 5.39. The van der Waals surface area contributed by atoms with Crippen LogP contribution in [0.5, 0.6) is 0 Å². The van der Waals surface area contributed by atoms with Gasteiger partial charge in [0.05, 0.1) is 6.61 Å². The van der Waals surface area contributed by atoms with Crippen LogP contribution in [-0.2, 0) is 4.74 Å². The second-order valence-electron chi connectivity index (χ2n) is 5.62. The molecular formula is C14H26OS2. The second kappa shape index (κ2) is 6.42. The van der Waals surface area contributed by atoms with E-state index in [0.29, 0.717) is 17.3 Å². The molecule has 0 aromatic carbocycles. The molecule has 0 N–H and O–H groups in total. The third kappa shape index (κ3) is 3.60. The van der Waals surface area contributed by atoms with Crippen LogP contribution in [0.3, 0.4) is 0 Å². The van der Waals surface area contributed by atoms with Crippen molar-refractivity contribution in [3.8, 4) is 0 Å². The zero-order valence-electron chi connectivity index (χ0n) is 11.8. The van der Waals surface area contributed by atoms with Gasteiger partial charge in [0.15, 0.2) is 0 Å². The molecule has 1 nitrogen and oxygen atoms in total. The normalized spacial score (nSPS) is 29.0. The fourth-order valence-corrected chi connectivity index (χ4v) is 5.10. The topological polar surface area (TPSA) is 9.23 Å². The molecule has 1 aliphatic carbocycles. The van der Waals surface area contributed by atoms with Gasteiger partial charge in [0.25, 0.3) is 0 Å². The minimum atomic E-state index is 0.447. The van der Waals surface area contributed by atoms with Gasteiger partial charge in [0.2, 0.25) is 4.38 Å². The molecule has 1 saturated carbocycles. The van der Waals surface area contributed by atoms with Crippen LogP contribution in [0.4, 0.5) is 0 Å². The molecule has 3 unspecified atom stereocenters. The SMILES string of the molecule is CCOC(=S)SC(C)C1CCC(CC)C1(C)C. The summed E-state index contributed by atoms with van der Waals surface area (Å²) < 4.78 is 6.11. The van der Waals surface area contributed by atoms with E-state index in [2.05, 4.69) is 27.7 Å². The summed E-state index contributed by atoms with van der Waals surface area (Å²) in [4.78, 5) is 0. The van der Waals surface area contributed by atoms with Crippen LogP contribution in [0.25, 0.3) is 0 Å². The van der Waals surface area contributed by atoms with Gasteiger partial charge in [-0.1, -0.05) is 45.9 Å². The monoisotopic (exact) mass is 274 g/mol. The van der Waals surface area contributed by atoms with Crippen LogP contribution in [0.1, 0.15) is 53.9 Å². The Morgan fingerprint density at radius 1 is 1.41 bits per heavy atom. The Morgan fingerprint density at radius 3 is 2.53 bits per heavy atom. The summed E-state index contributed by atoms with van der Waals surface area (Å²) in [7, 11) is 0. The maximum atomic E-state index is 5.39. The Bertz CT molecular complexity index is 263. The average Bonchev–Trinajstić information content (AvgIpc) is 2.53. The predicted octanol–water partition coefficient (Wildman–Crippen LogP) is 4.89. The van der Waals surface area contributed by atoms with Crippen molar-refractivity contribution in [3.63, 3.8) is 0 Å². The highest BCUT2D eigenvalue weighted by atomic mass is 32.2. The van der Waals surface area contributed by atoms with E-state index in [1.807, 2.05) is 6.92 Å². The van der Waals surface area contributed by atoms with Crippen LogP contribution in [-0.4, -0.2) is 16.2 Å². The van der Waals surface area contributed by atoms with Gasteiger partial charge in [0, 0.05) is 5.25 Å². The fourth-order valence-electron chi connectivity index (χ4n) is 3.38. The molecule has 1 rings (SSSR count). The number of rotatable bonds is 4. The number of ether oxygens (including phenoxy) is 1. The highest BCUT2D eigenvalue weighted by Crippen LogP contribution is 2.52. The van der Waals surface area contributed by atoms with E-state index in [1.54, 1.807) is 11.8 Å². The summed E-state index contributed by atoms with van der Waals surface area (Å²) >= 11 is 6.98. The Morgan fingerprint density at radius 2 is 2.06 bits per heavy atom. The smallest absolute Gasteiger partial charge is 0.220 e. The van der Waals surface area contributed by atoms with Crippen molar-refractivity contribution < 1.29 is 4.74 Å². The first-order valence-corrected chi connectivity index (χ1v) is 8.05. The van der Waals surface area contributed by atoms with Crippen molar-refractivity contribution in [2.24, 2.45) is 17.3 Å². The molecule has 3 atom stereocenters. The molecule has 0 aromatic rings. The third-order valence-corrected chi connectivity index (χ3v) is 5.85. The molecule has 17 heavy (non-hydrogen) atoms. The van der Waals surface area contributed by atoms with Crippen molar-refractivity contribution in [2.75, 3.05) is 6.61 Å². The van der Waals surface area contributed by atoms with Gasteiger partial charge in [-0.25, -0.2) is 0 Å². The first-order valence-electron chi connectivity index (χ1n) is 6.76. The van der Waals surface area contributed by atoms with E-state index in [0.717, 1.165) is 16.2 Å². The molecule has 0 spiro atoms. The lowest BCUT2D eigenvalue weighted by Gasteiger charge is -2.36. The quantitative estimate of drug-likeness (QED) is 0.675. The van der Waals surface area contributed by atoms with E-state index < -0.39 is 0 Å². The Balaban J connectivity index is 2.58. The van der Waals surface area contributed by atoms with Crippen LogP contribution in [0.2, 0.25) is 0 Å². The minimum absolute atomic E-state index is 0.447. The molecule has 0 amide bonds. The second-order valence-corrected chi connectivity index (χ2v) is 7.60. The van der Waals surface area contributed by atoms with E-state index in [4.69, 9.17) is 17.0 Å². The van der Waals surface area contributed by atoms with Crippen LogP contribution < -0.4 is 0 Å². The van der Waals surface area contributed by atoms with Gasteiger partial charge in [-0.15, -0.1) is 0 Å². The summed E-state index contributed by atoms with van der Waals surface area (Å²) in [5.41, 5.74) is 0.447. The van der Waals surface area contributed by atoms with Crippen LogP contribution in [0.15, 0.2) is 0 Å². The Hall–Kier alpha value is 0.240. The zero-order chi connectivity index (χ0) is 13.1. The Kier molecular flexibility index (Phi) is 5.78. The van der Waals surface area contributed by atoms with Gasteiger partial charge in [-0.05, 0) is 49.2 Å². The molecule has 3 heteroatoms. The summed E-state index contributed by atoms with van der Waals surface area (Å²) in [5, 5.41) is 0.570. The van der Waals surface area contributed by atoms with Crippen molar-refractivity contribution in [1.82, 2.24) is 0 Å². The highest BCUT2D eigenvalue weighted by Gasteiger charge is 2.44. The lowest BCUT2D eigenvalue weighted by Crippen LogP contribution is -2.31. The summed E-state index contributed by atoms with van der Waals surface area (Å²) in [5.74, 6) is 1.63. The average molecular weight is 274 g/mol. The van der Waals surface area contributed by atoms with E-state index in [-0.39, 0.29) is 0 Å². The van der Waals surface area contributed by atoms with Gasteiger partial charge >= 0.3 is 0 Å².